The molecular weight excluding hydrogens is 164 g/mol. The third-order valence-corrected chi connectivity index (χ3v) is 1.64. The number of hydrogen-bond donors (Lipinski definition) is 2. The van der Waals surface area contributed by atoms with Crippen molar-refractivity contribution in [1.29, 1.82) is 5.26 Å². The van der Waals surface area contributed by atoms with E-state index in [1.165, 1.54) is 0 Å². The quantitative estimate of drug-likeness (QED) is 0.520. The number of nitriles is 1. The standard InChI is InChI=1S/C10H8N2O/c1-2-10(12-13)9-5-3-4-8(6-9)7-11/h1,3-6,10,12-13H. The van der Waals surface area contributed by atoms with Gasteiger partial charge in [-0.3, -0.25) is 0 Å². The van der Waals surface area contributed by atoms with Crippen molar-refractivity contribution in [1.82, 2.24) is 5.48 Å². The molecule has 0 aliphatic carbocycles. The number of nitrogens with zero attached hydrogens (tertiary/aromatic N) is 1. The van der Waals surface area contributed by atoms with Gasteiger partial charge in [0.2, 0.25) is 0 Å². The van der Waals surface area contributed by atoms with Crippen LogP contribution in [-0.4, -0.2) is 5.21 Å². The monoisotopic (exact) mass is 172 g/mol. The zero-order chi connectivity index (χ0) is 9.68. The van der Waals surface area contributed by atoms with Crippen molar-refractivity contribution in [3.63, 3.8) is 0 Å². The van der Waals surface area contributed by atoms with Crippen LogP contribution in [0.2, 0.25) is 0 Å². The highest BCUT2D eigenvalue weighted by atomic mass is 16.5. The topological polar surface area (TPSA) is 56.0 Å². The predicted molar refractivity (Wildman–Crippen MR) is 47.7 cm³/mol. The van der Waals surface area contributed by atoms with Crippen molar-refractivity contribution >= 4 is 0 Å². The highest BCUT2D eigenvalue weighted by molar-refractivity contribution is 5.36. The van der Waals surface area contributed by atoms with Gasteiger partial charge in [-0.2, -0.15) is 10.7 Å². The van der Waals surface area contributed by atoms with E-state index < -0.39 is 6.04 Å². The van der Waals surface area contributed by atoms with Crippen LogP contribution in [0.25, 0.3) is 0 Å². The van der Waals surface area contributed by atoms with Gasteiger partial charge in [0.1, 0.15) is 6.04 Å². The van der Waals surface area contributed by atoms with Gasteiger partial charge in [-0.1, -0.05) is 18.1 Å². The van der Waals surface area contributed by atoms with Gasteiger partial charge in [0.25, 0.3) is 0 Å². The third kappa shape index (κ3) is 2.07. The Labute approximate surface area is 76.6 Å². The summed E-state index contributed by atoms with van der Waals surface area (Å²) in [4.78, 5) is 0. The maximum Gasteiger partial charge on any atom is 0.117 e. The summed E-state index contributed by atoms with van der Waals surface area (Å²) in [7, 11) is 0. The average molecular weight is 172 g/mol. The number of rotatable bonds is 2. The molecule has 0 saturated heterocycles. The second kappa shape index (κ2) is 4.27. The minimum absolute atomic E-state index is 0.521. The zero-order valence-electron chi connectivity index (χ0n) is 6.86. The van der Waals surface area contributed by atoms with Crippen LogP contribution in [0.4, 0.5) is 0 Å². The van der Waals surface area contributed by atoms with Crippen LogP contribution in [0.1, 0.15) is 17.2 Å². The van der Waals surface area contributed by atoms with E-state index in [0.717, 1.165) is 0 Å². The second-order valence-corrected chi connectivity index (χ2v) is 2.47. The molecular formula is C10H8N2O. The summed E-state index contributed by atoms with van der Waals surface area (Å²) in [5, 5.41) is 17.3. The van der Waals surface area contributed by atoms with Crippen molar-refractivity contribution in [2.24, 2.45) is 0 Å². The van der Waals surface area contributed by atoms with E-state index in [1.54, 1.807) is 24.3 Å². The Balaban J connectivity index is 3.03. The molecule has 0 radical (unpaired) electrons. The van der Waals surface area contributed by atoms with E-state index in [2.05, 4.69) is 5.92 Å². The van der Waals surface area contributed by atoms with Crippen LogP contribution in [0.15, 0.2) is 24.3 Å². The van der Waals surface area contributed by atoms with E-state index in [0.29, 0.717) is 11.1 Å². The molecule has 0 aliphatic rings. The maximum atomic E-state index is 8.67. The molecule has 64 valence electrons. The second-order valence-electron chi connectivity index (χ2n) is 2.47. The lowest BCUT2D eigenvalue weighted by atomic mass is 10.1. The minimum Gasteiger partial charge on any atom is -0.315 e. The number of benzene rings is 1. The lowest BCUT2D eigenvalue weighted by Crippen LogP contribution is -2.14. The summed E-state index contributed by atoms with van der Waals surface area (Å²) in [6, 6.07) is 8.20. The molecule has 3 nitrogen and oxygen atoms in total. The highest BCUT2D eigenvalue weighted by Crippen LogP contribution is 2.12. The summed E-state index contributed by atoms with van der Waals surface area (Å²) >= 11 is 0. The van der Waals surface area contributed by atoms with Crippen LogP contribution < -0.4 is 5.48 Å². The molecule has 0 amide bonds. The van der Waals surface area contributed by atoms with E-state index in [4.69, 9.17) is 16.9 Å². The molecule has 0 aliphatic heterocycles. The molecule has 13 heavy (non-hydrogen) atoms. The largest absolute Gasteiger partial charge is 0.315 e. The van der Waals surface area contributed by atoms with E-state index in [-0.39, 0.29) is 0 Å². The Morgan fingerprint density at radius 1 is 1.54 bits per heavy atom. The van der Waals surface area contributed by atoms with E-state index >= 15 is 0 Å². The number of nitrogens with one attached hydrogen (secondary N) is 1. The molecule has 1 unspecified atom stereocenters. The van der Waals surface area contributed by atoms with Gasteiger partial charge in [0.05, 0.1) is 11.6 Å². The molecule has 0 saturated carbocycles. The maximum absolute atomic E-state index is 8.67. The first-order valence-corrected chi connectivity index (χ1v) is 3.67. The summed E-state index contributed by atoms with van der Waals surface area (Å²) in [6.45, 7) is 0. The number of hydroxylamine groups is 1. The van der Waals surface area contributed by atoms with Crippen molar-refractivity contribution in [3.05, 3.63) is 35.4 Å². The van der Waals surface area contributed by atoms with Gasteiger partial charge < -0.3 is 5.21 Å². The van der Waals surface area contributed by atoms with E-state index in [1.807, 2.05) is 11.5 Å². The van der Waals surface area contributed by atoms with Gasteiger partial charge >= 0.3 is 0 Å². The van der Waals surface area contributed by atoms with Crippen molar-refractivity contribution < 1.29 is 5.21 Å². The van der Waals surface area contributed by atoms with Gasteiger partial charge in [-0.15, -0.1) is 6.42 Å². The van der Waals surface area contributed by atoms with Crippen LogP contribution in [-0.2, 0) is 0 Å². The fourth-order valence-electron chi connectivity index (χ4n) is 0.996. The minimum atomic E-state index is -0.562. The molecule has 0 bridgehead atoms. The first kappa shape index (κ1) is 9.28. The number of hydrogen-bond acceptors (Lipinski definition) is 3. The van der Waals surface area contributed by atoms with Gasteiger partial charge in [0, 0.05) is 0 Å². The van der Waals surface area contributed by atoms with Crippen LogP contribution in [0.5, 0.6) is 0 Å². The SMILES string of the molecule is C#CC(NO)c1cccc(C#N)c1. The molecule has 0 heterocycles. The molecule has 1 rings (SSSR count). The zero-order valence-corrected chi connectivity index (χ0v) is 6.86. The van der Waals surface area contributed by atoms with Crippen LogP contribution in [0, 0.1) is 23.7 Å². The Kier molecular flexibility index (Phi) is 3.05. The Morgan fingerprint density at radius 3 is 2.85 bits per heavy atom. The molecule has 0 fully saturated rings. The first-order valence-electron chi connectivity index (χ1n) is 3.67. The van der Waals surface area contributed by atoms with Crippen molar-refractivity contribution in [2.75, 3.05) is 0 Å². The lowest BCUT2D eigenvalue weighted by Gasteiger charge is -2.07. The molecule has 0 aromatic heterocycles. The predicted octanol–water partition coefficient (Wildman–Crippen LogP) is 1.21. The molecule has 1 aromatic carbocycles. The van der Waals surface area contributed by atoms with Crippen molar-refractivity contribution in [3.8, 4) is 18.4 Å². The molecule has 0 spiro atoms. The number of terminal acetylenes is 1. The highest BCUT2D eigenvalue weighted by Gasteiger charge is 2.05. The Bertz CT molecular complexity index is 373. The van der Waals surface area contributed by atoms with Gasteiger partial charge in [-0.25, -0.2) is 0 Å². The lowest BCUT2D eigenvalue weighted by molar-refractivity contribution is 0.147. The third-order valence-electron chi connectivity index (χ3n) is 1.64. The normalized spacial score (nSPS) is 11.3. The Morgan fingerprint density at radius 2 is 2.31 bits per heavy atom. The average Bonchev–Trinajstić information content (AvgIpc) is 2.20. The van der Waals surface area contributed by atoms with Crippen LogP contribution >= 0.6 is 0 Å². The summed E-state index contributed by atoms with van der Waals surface area (Å²) < 4.78 is 0. The Hall–Kier alpha value is -1.81. The summed E-state index contributed by atoms with van der Waals surface area (Å²) in [6.07, 6.45) is 5.15. The molecule has 1 aromatic rings. The first-order chi connectivity index (χ1) is 6.31. The summed E-state index contributed by atoms with van der Waals surface area (Å²) in [5.74, 6) is 2.35. The van der Waals surface area contributed by atoms with Gasteiger partial charge in [-0.05, 0) is 17.7 Å². The summed E-state index contributed by atoms with van der Waals surface area (Å²) in [5.41, 5.74) is 3.19. The fraction of sp³-hybridized carbons (Fsp3) is 0.100. The van der Waals surface area contributed by atoms with Crippen molar-refractivity contribution in [2.45, 2.75) is 6.04 Å². The molecule has 3 heteroatoms. The van der Waals surface area contributed by atoms with Gasteiger partial charge in [0.15, 0.2) is 0 Å². The van der Waals surface area contributed by atoms with Crippen LogP contribution in [0.3, 0.4) is 0 Å². The smallest absolute Gasteiger partial charge is 0.117 e. The molecule has 2 N–H and O–H groups in total. The molecule has 1 atom stereocenters. The fourth-order valence-corrected chi connectivity index (χ4v) is 0.996. The van der Waals surface area contributed by atoms with E-state index in [9.17, 15) is 0 Å².